The fourth-order valence-electron chi connectivity index (χ4n) is 1.59. The molecule has 1 aromatic carbocycles. The molecule has 0 bridgehead atoms. The van der Waals surface area contributed by atoms with Gasteiger partial charge in [-0.2, -0.15) is 0 Å². The summed E-state index contributed by atoms with van der Waals surface area (Å²) in [5.41, 5.74) is 1.01. The average molecular weight is 204 g/mol. The van der Waals surface area contributed by atoms with E-state index < -0.39 is 0 Å². The predicted molar refractivity (Wildman–Crippen MR) is 61.0 cm³/mol. The molecular weight excluding hydrogens is 188 g/mol. The maximum Gasteiger partial charge on any atom is 0.232 e. The van der Waals surface area contributed by atoms with Crippen LogP contribution in [0.25, 0.3) is 0 Å². The Morgan fingerprint density at radius 2 is 2.13 bits per heavy atom. The van der Waals surface area contributed by atoms with E-state index in [9.17, 15) is 4.79 Å². The molecule has 1 unspecified atom stereocenters. The molecule has 0 saturated heterocycles. The second-order valence-electron chi connectivity index (χ2n) is 3.40. The topological polar surface area (TPSA) is 53.0 Å². The highest BCUT2D eigenvalue weighted by atomic mass is 16.1. The van der Waals surface area contributed by atoms with Crippen LogP contribution in [-0.2, 0) is 4.79 Å². The van der Waals surface area contributed by atoms with Crippen LogP contribution < -0.4 is 5.32 Å². The van der Waals surface area contributed by atoms with Gasteiger partial charge in [-0.05, 0) is 12.0 Å². The summed E-state index contributed by atoms with van der Waals surface area (Å²) < 4.78 is 0. The second-order valence-corrected chi connectivity index (χ2v) is 3.40. The molecule has 0 saturated carbocycles. The third kappa shape index (κ3) is 3.20. The molecule has 0 radical (unpaired) electrons. The van der Waals surface area contributed by atoms with Crippen molar-refractivity contribution in [2.75, 3.05) is 0 Å². The minimum absolute atomic E-state index is 0.0990. The van der Waals surface area contributed by atoms with E-state index in [1.54, 1.807) is 0 Å². The highest BCUT2D eigenvalue weighted by molar-refractivity contribution is 5.91. The van der Waals surface area contributed by atoms with Crippen molar-refractivity contribution in [1.29, 1.82) is 5.41 Å². The van der Waals surface area contributed by atoms with Crippen LogP contribution in [0.1, 0.15) is 31.2 Å². The van der Waals surface area contributed by atoms with E-state index in [0.717, 1.165) is 24.7 Å². The van der Waals surface area contributed by atoms with Crippen LogP contribution in [0.2, 0.25) is 0 Å². The Bertz CT molecular complexity index is 322. The van der Waals surface area contributed by atoms with Gasteiger partial charge >= 0.3 is 0 Å². The van der Waals surface area contributed by atoms with Crippen LogP contribution in [0.3, 0.4) is 0 Å². The first kappa shape index (κ1) is 11.4. The smallest absolute Gasteiger partial charge is 0.232 e. The Kier molecular flexibility index (Phi) is 4.54. The third-order valence-electron chi connectivity index (χ3n) is 2.31. The number of carbonyl (C=O) groups excluding carboxylic acids is 1. The van der Waals surface area contributed by atoms with Crippen molar-refractivity contribution in [3.05, 3.63) is 35.9 Å². The molecule has 1 aromatic rings. The van der Waals surface area contributed by atoms with E-state index in [2.05, 4.69) is 5.32 Å². The Labute approximate surface area is 90.0 Å². The summed E-state index contributed by atoms with van der Waals surface area (Å²) >= 11 is 0. The van der Waals surface area contributed by atoms with Gasteiger partial charge in [0.05, 0.1) is 12.3 Å². The molecule has 2 N–H and O–H groups in total. The third-order valence-corrected chi connectivity index (χ3v) is 2.31. The molecule has 0 aliphatic carbocycles. The lowest BCUT2D eigenvalue weighted by Crippen LogP contribution is -2.27. The zero-order chi connectivity index (χ0) is 11.1. The van der Waals surface area contributed by atoms with Crippen LogP contribution in [-0.4, -0.2) is 12.2 Å². The summed E-state index contributed by atoms with van der Waals surface area (Å²) in [6.07, 6.45) is 2.70. The largest absolute Gasteiger partial charge is 0.317 e. The predicted octanol–water partition coefficient (Wildman–Crippen LogP) is 2.29. The van der Waals surface area contributed by atoms with Gasteiger partial charge in [0.2, 0.25) is 5.91 Å². The van der Waals surface area contributed by atoms with E-state index >= 15 is 0 Å². The molecule has 0 spiro atoms. The molecule has 0 fully saturated rings. The number of hydrogen-bond donors (Lipinski definition) is 2. The fourth-order valence-corrected chi connectivity index (χ4v) is 1.59. The number of amides is 1. The average Bonchev–Trinajstić information content (AvgIpc) is 2.27. The molecule has 0 heterocycles. The van der Waals surface area contributed by atoms with Gasteiger partial charge in [0, 0.05) is 0 Å². The molecule has 0 aliphatic heterocycles. The summed E-state index contributed by atoms with van der Waals surface area (Å²) in [5, 5.41) is 9.30. The van der Waals surface area contributed by atoms with Gasteiger partial charge in [0.15, 0.2) is 0 Å². The maximum absolute atomic E-state index is 11.7. The molecule has 3 heteroatoms. The molecule has 15 heavy (non-hydrogen) atoms. The summed E-state index contributed by atoms with van der Waals surface area (Å²) in [5.74, 6) is -0.240. The van der Waals surface area contributed by atoms with Crippen molar-refractivity contribution in [2.45, 2.75) is 25.7 Å². The van der Waals surface area contributed by atoms with Gasteiger partial charge in [0.25, 0.3) is 0 Å². The zero-order valence-electron chi connectivity index (χ0n) is 8.86. The Morgan fingerprint density at radius 3 is 2.67 bits per heavy atom. The Balaban J connectivity index is 2.82. The van der Waals surface area contributed by atoms with Crippen LogP contribution >= 0.6 is 0 Å². The number of rotatable bonds is 5. The highest BCUT2D eigenvalue weighted by Gasteiger charge is 2.18. The minimum Gasteiger partial charge on any atom is -0.317 e. The quantitative estimate of drug-likeness (QED) is 0.561. The first-order chi connectivity index (χ1) is 7.29. The van der Waals surface area contributed by atoms with Gasteiger partial charge in [-0.15, -0.1) is 0 Å². The first-order valence-corrected chi connectivity index (χ1v) is 5.13. The van der Waals surface area contributed by atoms with Gasteiger partial charge in [-0.25, -0.2) is 0 Å². The molecule has 0 aliphatic rings. The molecule has 3 nitrogen and oxygen atoms in total. The Hall–Kier alpha value is -1.64. The number of nitrogens with one attached hydrogen (secondary N) is 2. The maximum atomic E-state index is 11.7. The molecule has 1 rings (SSSR count). The number of benzene rings is 1. The molecule has 0 aromatic heterocycles. The Morgan fingerprint density at radius 1 is 1.47 bits per heavy atom. The van der Waals surface area contributed by atoms with Crippen LogP contribution in [0.5, 0.6) is 0 Å². The van der Waals surface area contributed by atoms with Gasteiger partial charge in [-0.3, -0.25) is 10.2 Å². The van der Waals surface area contributed by atoms with Gasteiger partial charge < -0.3 is 5.32 Å². The van der Waals surface area contributed by atoms with Crippen molar-refractivity contribution in [1.82, 2.24) is 5.32 Å². The number of carbonyl (C=O) groups is 1. The summed E-state index contributed by atoms with van der Waals surface area (Å²) in [4.78, 5) is 11.7. The molecule has 1 atom stereocenters. The van der Waals surface area contributed by atoms with Crippen molar-refractivity contribution >= 4 is 12.2 Å². The van der Waals surface area contributed by atoms with Crippen LogP contribution in [0.4, 0.5) is 0 Å². The van der Waals surface area contributed by atoms with Crippen LogP contribution in [0.15, 0.2) is 30.3 Å². The van der Waals surface area contributed by atoms with Gasteiger partial charge in [0.1, 0.15) is 0 Å². The van der Waals surface area contributed by atoms with Crippen molar-refractivity contribution in [3.8, 4) is 0 Å². The minimum atomic E-state index is -0.141. The van der Waals surface area contributed by atoms with E-state index in [0.29, 0.717) is 0 Å². The van der Waals surface area contributed by atoms with Crippen LogP contribution in [0, 0.1) is 5.41 Å². The lowest BCUT2D eigenvalue weighted by atomic mass is 9.94. The zero-order valence-corrected chi connectivity index (χ0v) is 8.86. The summed E-state index contributed by atoms with van der Waals surface area (Å²) in [6, 6.07) is 9.68. The molecular formula is C12H16N2O. The SMILES string of the molecule is CCCC(C(=O)NC=N)c1ccccc1. The lowest BCUT2D eigenvalue weighted by molar-refractivity contribution is -0.121. The molecule has 1 amide bonds. The van der Waals surface area contributed by atoms with E-state index in [1.807, 2.05) is 37.3 Å². The number of hydrogen-bond acceptors (Lipinski definition) is 2. The van der Waals surface area contributed by atoms with Crippen molar-refractivity contribution < 1.29 is 4.79 Å². The van der Waals surface area contributed by atoms with Gasteiger partial charge in [-0.1, -0.05) is 43.7 Å². The standard InChI is InChI=1S/C12H16N2O/c1-2-6-11(12(15)14-9-13)10-7-4-3-5-8-10/h3-5,7-9,11H,2,6H2,1H3,(H2,13,14,15). The molecule has 80 valence electrons. The monoisotopic (exact) mass is 204 g/mol. The first-order valence-electron chi connectivity index (χ1n) is 5.13. The van der Waals surface area contributed by atoms with E-state index in [-0.39, 0.29) is 11.8 Å². The lowest BCUT2D eigenvalue weighted by Gasteiger charge is -2.14. The fraction of sp³-hybridized carbons (Fsp3) is 0.333. The summed E-state index contributed by atoms with van der Waals surface area (Å²) in [7, 11) is 0. The normalized spacial score (nSPS) is 11.8. The highest BCUT2D eigenvalue weighted by Crippen LogP contribution is 2.20. The summed E-state index contributed by atoms with van der Waals surface area (Å²) in [6.45, 7) is 2.05. The van der Waals surface area contributed by atoms with E-state index in [4.69, 9.17) is 5.41 Å². The second kappa shape index (κ2) is 5.96. The van der Waals surface area contributed by atoms with Crippen molar-refractivity contribution in [3.63, 3.8) is 0 Å². The van der Waals surface area contributed by atoms with Crippen molar-refractivity contribution in [2.24, 2.45) is 0 Å². The van der Waals surface area contributed by atoms with E-state index in [1.165, 1.54) is 0 Å².